The monoisotopic (exact) mass is 324 g/mol. The molecule has 0 amide bonds. The van der Waals surface area contributed by atoms with Crippen molar-refractivity contribution in [1.29, 1.82) is 0 Å². The number of fused-ring (bicyclic) bond motifs is 1. The van der Waals surface area contributed by atoms with Crippen molar-refractivity contribution in [2.24, 2.45) is 0 Å². The molecule has 1 heterocycles. The van der Waals surface area contributed by atoms with Crippen LogP contribution in [0, 0.1) is 11.8 Å². The molecule has 0 aliphatic carbocycles. The van der Waals surface area contributed by atoms with Crippen LogP contribution in [0.4, 0.5) is 0 Å². The molecule has 25 heavy (non-hydrogen) atoms. The zero-order valence-corrected chi connectivity index (χ0v) is 13.2. The number of carbonyl (C=O) groups excluding carboxylic acids is 2. The summed E-state index contributed by atoms with van der Waals surface area (Å²) in [5.41, 5.74) is 4.22. The number of cyclic esters (lactones) is 2. The SMILES string of the molecule is O=C1OC(=O)c2cc(-c3cccc(C#Cc4ccccc4)c3)ccc21. The van der Waals surface area contributed by atoms with Gasteiger partial charge in [0.25, 0.3) is 0 Å². The number of rotatable bonds is 1. The second-order valence-electron chi connectivity index (χ2n) is 5.63. The molecule has 0 saturated carbocycles. The van der Waals surface area contributed by atoms with Crippen LogP contribution in [0.5, 0.6) is 0 Å². The summed E-state index contributed by atoms with van der Waals surface area (Å²) in [7, 11) is 0. The third-order valence-corrected chi connectivity index (χ3v) is 3.97. The highest BCUT2D eigenvalue weighted by Crippen LogP contribution is 2.27. The van der Waals surface area contributed by atoms with E-state index >= 15 is 0 Å². The van der Waals surface area contributed by atoms with Gasteiger partial charge in [-0.2, -0.15) is 0 Å². The Hall–Kier alpha value is -3.64. The van der Waals surface area contributed by atoms with Gasteiger partial charge in [0.15, 0.2) is 0 Å². The average Bonchev–Trinajstić information content (AvgIpc) is 2.95. The molecule has 0 fully saturated rings. The Morgan fingerprint density at radius 2 is 1.28 bits per heavy atom. The Morgan fingerprint density at radius 1 is 0.600 bits per heavy atom. The highest BCUT2D eigenvalue weighted by molar-refractivity contribution is 6.15. The van der Waals surface area contributed by atoms with E-state index in [0.717, 1.165) is 22.3 Å². The predicted molar refractivity (Wildman–Crippen MR) is 94.0 cm³/mol. The highest BCUT2D eigenvalue weighted by atomic mass is 16.6. The van der Waals surface area contributed by atoms with Crippen LogP contribution in [0.3, 0.4) is 0 Å². The predicted octanol–water partition coefficient (Wildman–Crippen LogP) is 4.06. The van der Waals surface area contributed by atoms with Crippen molar-refractivity contribution in [1.82, 2.24) is 0 Å². The van der Waals surface area contributed by atoms with Crippen molar-refractivity contribution in [3.63, 3.8) is 0 Å². The van der Waals surface area contributed by atoms with Gasteiger partial charge in [0, 0.05) is 11.1 Å². The summed E-state index contributed by atoms with van der Waals surface area (Å²) < 4.78 is 4.63. The van der Waals surface area contributed by atoms with E-state index in [9.17, 15) is 9.59 Å². The molecule has 3 nitrogen and oxygen atoms in total. The number of esters is 2. The normalized spacial score (nSPS) is 12.2. The van der Waals surface area contributed by atoms with Gasteiger partial charge in [0.2, 0.25) is 0 Å². The zero-order valence-electron chi connectivity index (χ0n) is 13.2. The van der Waals surface area contributed by atoms with Crippen LogP contribution >= 0.6 is 0 Å². The van der Waals surface area contributed by atoms with Crippen LogP contribution in [-0.2, 0) is 4.74 Å². The highest BCUT2D eigenvalue weighted by Gasteiger charge is 2.29. The molecule has 1 aliphatic rings. The minimum Gasteiger partial charge on any atom is -0.386 e. The molecule has 1 aliphatic heterocycles. The quantitative estimate of drug-likeness (QED) is 0.385. The van der Waals surface area contributed by atoms with Gasteiger partial charge in [-0.05, 0) is 47.5 Å². The van der Waals surface area contributed by atoms with Gasteiger partial charge in [-0.15, -0.1) is 0 Å². The fourth-order valence-corrected chi connectivity index (χ4v) is 2.71. The van der Waals surface area contributed by atoms with Gasteiger partial charge in [0.1, 0.15) is 0 Å². The molecule has 0 aromatic heterocycles. The van der Waals surface area contributed by atoms with Crippen LogP contribution in [0.2, 0.25) is 0 Å². The van der Waals surface area contributed by atoms with Crippen molar-refractivity contribution in [2.75, 3.05) is 0 Å². The maximum absolute atomic E-state index is 11.7. The summed E-state index contributed by atoms with van der Waals surface area (Å²) in [4.78, 5) is 23.3. The maximum atomic E-state index is 11.7. The second kappa shape index (κ2) is 6.10. The van der Waals surface area contributed by atoms with Gasteiger partial charge in [-0.1, -0.05) is 48.2 Å². The zero-order chi connectivity index (χ0) is 17.2. The summed E-state index contributed by atoms with van der Waals surface area (Å²) in [5.74, 6) is 5.08. The minimum atomic E-state index is -0.595. The molecule has 3 aromatic carbocycles. The lowest BCUT2D eigenvalue weighted by Gasteiger charge is -2.03. The first-order valence-electron chi connectivity index (χ1n) is 7.79. The van der Waals surface area contributed by atoms with Gasteiger partial charge in [-0.3, -0.25) is 0 Å². The van der Waals surface area contributed by atoms with E-state index in [1.165, 1.54) is 0 Å². The number of hydrogen-bond donors (Lipinski definition) is 0. The molecule has 0 N–H and O–H groups in total. The van der Waals surface area contributed by atoms with Crippen LogP contribution < -0.4 is 0 Å². The third-order valence-electron chi connectivity index (χ3n) is 3.97. The first-order valence-corrected chi connectivity index (χ1v) is 7.79. The van der Waals surface area contributed by atoms with E-state index in [1.54, 1.807) is 12.1 Å². The molecule has 0 radical (unpaired) electrons. The summed E-state index contributed by atoms with van der Waals surface area (Å²) in [6.07, 6.45) is 0. The first-order chi connectivity index (χ1) is 12.2. The molecule has 3 aromatic rings. The van der Waals surface area contributed by atoms with Crippen LogP contribution in [0.1, 0.15) is 31.8 Å². The number of hydrogen-bond acceptors (Lipinski definition) is 3. The van der Waals surface area contributed by atoms with E-state index in [1.807, 2.05) is 60.7 Å². The maximum Gasteiger partial charge on any atom is 0.346 e. The van der Waals surface area contributed by atoms with Gasteiger partial charge in [-0.25, -0.2) is 9.59 Å². The topological polar surface area (TPSA) is 43.4 Å². The van der Waals surface area contributed by atoms with Crippen LogP contribution in [0.15, 0.2) is 72.8 Å². The van der Waals surface area contributed by atoms with Crippen molar-refractivity contribution < 1.29 is 14.3 Å². The molecule has 0 saturated heterocycles. The lowest BCUT2D eigenvalue weighted by atomic mass is 9.99. The summed E-state index contributed by atoms with van der Waals surface area (Å²) in [6.45, 7) is 0. The molecule has 118 valence electrons. The molecule has 0 bridgehead atoms. The molecule has 3 heteroatoms. The lowest BCUT2D eigenvalue weighted by molar-refractivity contribution is 0.0444. The minimum absolute atomic E-state index is 0.309. The van der Waals surface area contributed by atoms with Crippen molar-refractivity contribution in [3.8, 4) is 23.0 Å². The Bertz CT molecular complexity index is 1050. The Labute approximate surface area is 144 Å². The standard InChI is InChI=1S/C22H12O3/c23-21-19-12-11-18(14-20(19)22(24)25-21)17-8-4-7-16(13-17)10-9-15-5-2-1-3-6-15/h1-8,11-14H. The van der Waals surface area contributed by atoms with Gasteiger partial charge in [0.05, 0.1) is 11.1 Å². The van der Waals surface area contributed by atoms with E-state index in [4.69, 9.17) is 0 Å². The number of ether oxygens (including phenoxy) is 1. The van der Waals surface area contributed by atoms with E-state index < -0.39 is 11.9 Å². The smallest absolute Gasteiger partial charge is 0.346 e. The van der Waals surface area contributed by atoms with E-state index in [0.29, 0.717) is 11.1 Å². The Balaban J connectivity index is 1.69. The van der Waals surface area contributed by atoms with Crippen molar-refractivity contribution in [2.45, 2.75) is 0 Å². The summed E-state index contributed by atoms with van der Waals surface area (Å²) in [5, 5.41) is 0. The first kappa shape index (κ1) is 14.9. The van der Waals surface area contributed by atoms with Crippen LogP contribution in [-0.4, -0.2) is 11.9 Å². The summed E-state index contributed by atoms with van der Waals surface area (Å²) >= 11 is 0. The Morgan fingerprint density at radius 3 is 2.12 bits per heavy atom. The molecule has 4 rings (SSSR count). The van der Waals surface area contributed by atoms with Gasteiger partial charge >= 0.3 is 11.9 Å². The molecular weight excluding hydrogens is 312 g/mol. The molecular formula is C22H12O3. The second-order valence-corrected chi connectivity index (χ2v) is 5.63. The average molecular weight is 324 g/mol. The van der Waals surface area contributed by atoms with Crippen LogP contribution in [0.25, 0.3) is 11.1 Å². The third kappa shape index (κ3) is 2.93. The van der Waals surface area contributed by atoms with Gasteiger partial charge < -0.3 is 4.74 Å². The summed E-state index contributed by atoms with van der Waals surface area (Å²) in [6, 6.07) is 22.6. The van der Waals surface area contributed by atoms with E-state index in [-0.39, 0.29) is 0 Å². The van der Waals surface area contributed by atoms with Crippen molar-refractivity contribution in [3.05, 3.63) is 95.1 Å². The number of carbonyl (C=O) groups is 2. The van der Waals surface area contributed by atoms with Crippen molar-refractivity contribution >= 4 is 11.9 Å². The number of benzene rings is 3. The van der Waals surface area contributed by atoms with E-state index in [2.05, 4.69) is 16.6 Å². The largest absolute Gasteiger partial charge is 0.386 e. The molecule has 0 atom stereocenters. The molecule has 0 unspecified atom stereocenters. The molecule has 0 spiro atoms. The fraction of sp³-hybridized carbons (Fsp3) is 0. The Kier molecular flexibility index (Phi) is 3.64. The lowest BCUT2D eigenvalue weighted by Crippen LogP contribution is -1.96. The fourth-order valence-electron chi connectivity index (χ4n) is 2.71.